The fourth-order valence-electron chi connectivity index (χ4n) is 1.96. The molecule has 1 rings (SSSR count). The average molecular weight is 299 g/mol. The predicted molar refractivity (Wildman–Crippen MR) is 87.7 cm³/mol. The van der Waals surface area contributed by atoms with Crippen molar-refractivity contribution in [2.24, 2.45) is 10.9 Å². The smallest absolute Gasteiger partial charge is 0.191 e. The van der Waals surface area contributed by atoms with E-state index in [0.29, 0.717) is 6.54 Å². The second-order valence-corrected chi connectivity index (χ2v) is 5.93. The zero-order valence-corrected chi connectivity index (χ0v) is 14.0. The Hall–Kier alpha value is -0.810. The Morgan fingerprint density at radius 2 is 1.95 bits per heavy atom. The maximum atomic E-state index is 10.3. The molecule has 0 aromatic carbocycles. The van der Waals surface area contributed by atoms with Crippen molar-refractivity contribution in [2.75, 3.05) is 32.8 Å². The van der Waals surface area contributed by atoms with Crippen LogP contribution in [0.25, 0.3) is 0 Å². The van der Waals surface area contributed by atoms with Crippen LogP contribution in [0.5, 0.6) is 0 Å². The summed E-state index contributed by atoms with van der Waals surface area (Å²) in [6, 6.07) is 0. The van der Waals surface area contributed by atoms with Gasteiger partial charge in [0.15, 0.2) is 5.96 Å². The lowest BCUT2D eigenvalue weighted by molar-refractivity contribution is 0.0418. The fraction of sp³-hybridized carbons (Fsp3) is 0.938. The van der Waals surface area contributed by atoms with Gasteiger partial charge in [-0.05, 0) is 44.9 Å². The Labute approximate surface area is 129 Å². The monoisotopic (exact) mass is 299 g/mol. The summed E-state index contributed by atoms with van der Waals surface area (Å²) >= 11 is 0. The van der Waals surface area contributed by atoms with Gasteiger partial charge in [-0.15, -0.1) is 0 Å². The molecule has 0 radical (unpaired) electrons. The van der Waals surface area contributed by atoms with E-state index in [1.807, 2.05) is 20.8 Å². The maximum Gasteiger partial charge on any atom is 0.191 e. The standard InChI is InChI=1S/C16H33N3O2/c1-4-16(20,5-2)13-19-15(17-6-3)18-10-7-11-21-12-14-8-9-14/h14,20H,4-13H2,1-3H3,(H2,17,18,19). The van der Waals surface area contributed by atoms with E-state index in [4.69, 9.17) is 4.74 Å². The summed E-state index contributed by atoms with van der Waals surface area (Å²) in [6.45, 7) is 9.86. The second-order valence-electron chi connectivity index (χ2n) is 5.93. The molecule has 0 bridgehead atoms. The van der Waals surface area contributed by atoms with Crippen molar-refractivity contribution in [3.05, 3.63) is 0 Å². The van der Waals surface area contributed by atoms with Gasteiger partial charge < -0.3 is 20.5 Å². The lowest BCUT2D eigenvalue weighted by Crippen LogP contribution is -2.40. The molecule has 1 aliphatic carbocycles. The lowest BCUT2D eigenvalue weighted by Gasteiger charge is -2.23. The van der Waals surface area contributed by atoms with Crippen LogP contribution < -0.4 is 10.6 Å². The van der Waals surface area contributed by atoms with E-state index in [-0.39, 0.29) is 0 Å². The van der Waals surface area contributed by atoms with Gasteiger partial charge in [-0.1, -0.05) is 13.8 Å². The number of hydrogen-bond acceptors (Lipinski definition) is 3. The number of nitrogens with one attached hydrogen (secondary N) is 2. The topological polar surface area (TPSA) is 65.9 Å². The largest absolute Gasteiger partial charge is 0.388 e. The molecule has 21 heavy (non-hydrogen) atoms. The number of aliphatic hydroxyl groups is 1. The fourth-order valence-corrected chi connectivity index (χ4v) is 1.96. The predicted octanol–water partition coefficient (Wildman–Crippen LogP) is 1.91. The van der Waals surface area contributed by atoms with Crippen molar-refractivity contribution < 1.29 is 9.84 Å². The van der Waals surface area contributed by atoms with Crippen LogP contribution in [0.1, 0.15) is 52.9 Å². The third-order valence-electron chi connectivity index (χ3n) is 4.00. The van der Waals surface area contributed by atoms with E-state index < -0.39 is 5.60 Å². The number of hydrogen-bond donors (Lipinski definition) is 3. The zero-order chi connectivity index (χ0) is 15.6. The van der Waals surface area contributed by atoms with Gasteiger partial charge in [0.2, 0.25) is 0 Å². The first kappa shape index (κ1) is 18.2. The molecule has 5 nitrogen and oxygen atoms in total. The molecule has 0 amide bonds. The second kappa shape index (κ2) is 10.0. The van der Waals surface area contributed by atoms with E-state index in [2.05, 4.69) is 15.6 Å². The summed E-state index contributed by atoms with van der Waals surface area (Å²) < 4.78 is 5.61. The van der Waals surface area contributed by atoms with Crippen molar-refractivity contribution in [3.63, 3.8) is 0 Å². The van der Waals surface area contributed by atoms with Gasteiger partial charge in [0, 0.05) is 26.3 Å². The van der Waals surface area contributed by atoms with Gasteiger partial charge in [0.05, 0.1) is 12.1 Å². The number of aliphatic imine (C=N–C) groups is 1. The summed E-state index contributed by atoms with van der Waals surface area (Å²) in [4.78, 5) is 4.49. The summed E-state index contributed by atoms with van der Waals surface area (Å²) in [5.74, 6) is 1.61. The van der Waals surface area contributed by atoms with Crippen LogP contribution in [0.15, 0.2) is 4.99 Å². The van der Waals surface area contributed by atoms with Gasteiger partial charge in [-0.25, -0.2) is 0 Å². The molecular formula is C16H33N3O2. The summed E-state index contributed by atoms with van der Waals surface area (Å²) in [6.07, 6.45) is 5.10. The van der Waals surface area contributed by atoms with Crippen molar-refractivity contribution in [1.29, 1.82) is 0 Å². The highest BCUT2D eigenvalue weighted by Crippen LogP contribution is 2.28. The van der Waals surface area contributed by atoms with Gasteiger partial charge in [-0.3, -0.25) is 4.99 Å². The minimum atomic E-state index is -0.685. The van der Waals surface area contributed by atoms with Crippen molar-refractivity contribution in [1.82, 2.24) is 10.6 Å². The molecule has 5 heteroatoms. The summed E-state index contributed by atoms with van der Waals surface area (Å²) in [5.41, 5.74) is -0.685. The number of guanidine groups is 1. The molecule has 0 heterocycles. The molecule has 1 fully saturated rings. The number of ether oxygens (including phenoxy) is 1. The molecule has 0 saturated heterocycles. The Morgan fingerprint density at radius 1 is 1.24 bits per heavy atom. The van der Waals surface area contributed by atoms with Gasteiger partial charge in [0.25, 0.3) is 0 Å². The Kier molecular flexibility index (Phi) is 8.69. The minimum Gasteiger partial charge on any atom is -0.388 e. The van der Waals surface area contributed by atoms with E-state index in [1.165, 1.54) is 12.8 Å². The van der Waals surface area contributed by atoms with Crippen LogP contribution in [0.2, 0.25) is 0 Å². The van der Waals surface area contributed by atoms with E-state index in [1.54, 1.807) is 0 Å². The Morgan fingerprint density at radius 3 is 2.52 bits per heavy atom. The van der Waals surface area contributed by atoms with Crippen LogP contribution in [0.4, 0.5) is 0 Å². The quantitative estimate of drug-likeness (QED) is 0.310. The molecule has 0 atom stereocenters. The lowest BCUT2D eigenvalue weighted by atomic mass is 9.98. The SMILES string of the molecule is CCNC(=NCC(O)(CC)CC)NCCCOCC1CC1. The van der Waals surface area contributed by atoms with E-state index >= 15 is 0 Å². The number of nitrogens with zero attached hydrogens (tertiary/aromatic N) is 1. The molecular weight excluding hydrogens is 266 g/mol. The Bertz CT molecular complexity index is 300. The number of rotatable bonds is 11. The van der Waals surface area contributed by atoms with Gasteiger partial charge in [-0.2, -0.15) is 0 Å². The van der Waals surface area contributed by atoms with Crippen LogP contribution in [0.3, 0.4) is 0 Å². The molecule has 0 aliphatic heterocycles. The first-order valence-electron chi connectivity index (χ1n) is 8.45. The maximum absolute atomic E-state index is 10.3. The van der Waals surface area contributed by atoms with Crippen molar-refractivity contribution in [2.45, 2.75) is 58.5 Å². The first-order chi connectivity index (χ1) is 10.1. The molecule has 0 aromatic rings. The van der Waals surface area contributed by atoms with Crippen LogP contribution in [-0.4, -0.2) is 49.5 Å². The normalized spacial score (nSPS) is 16.1. The van der Waals surface area contributed by atoms with E-state index in [0.717, 1.165) is 57.4 Å². The molecule has 0 unspecified atom stereocenters. The third-order valence-corrected chi connectivity index (χ3v) is 4.00. The van der Waals surface area contributed by atoms with Crippen LogP contribution >= 0.6 is 0 Å². The van der Waals surface area contributed by atoms with Crippen LogP contribution in [0, 0.1) is 5.92 Å². The molecule has 3 N–H and O–H groups in total. The highest BCUT2D eigenvalue weighted by Gasteiger charge is 2.22. The first-order valence-corrected chi connectivity index (χ1v) is 8.45. The minimum absolute atomic E-state index is 0.438. The van der Waals surface area contributed by atoms with Crippen molar-refractivity contribution >= 4 is 5.96 Å². The molecule has 1 aliphatic rings. The highest BCUT2D eigenvalue weighted by atomic mass is 16.5. The van der Waals surface area contributed by atoms with E-state index in [9.17, 15) is 5.11 Å². The zero-order valence-electron chi connectivity index (χ0n) is 14.0. The molecule has 124 valence electrons. The van der Waals surface area contributed by atoms with Crippen LogP contribution in [-0.2, 0) is 4.74 Å². The summed E-state index contributed by atoms with van der Waals surface area (Å²) in [5, 5.41) is 16.8. The molecule has 0 aromatic heterocycles. The van der Waals surface area contributed by atoms with Crippen molar-refractivity contribution in [3.8, 4) is 0 Å². The molecule has 1 saturated carbocycles. The van der Waals surface area contributed by atoms with Gasteiger partial charge in [0.1, 0.15) is 0 Å². The highest BCUT2D eigenvalue weighted by molar-refractivity contribution is 5.79. The molecule has 0 spiro atoms. The summed E-state index contributed by atoms with van der Waals surface area (Å²) in [7, 11) is 0. The van der Waals surface area contributed by atoms with Gasteiger partial charge >= 0.3 is 0 Å². The third kappa shape index (κ3) is 8.27. The average Bonchev–Trinajstić information content (AvgIpc) is 3.32. The Balaban J connectivity index is 2.20.